The van der Waals surface area contributed by atoms with Crippen LogP contribution in [-0.4, -0.2) is 35.0 Å². The van der Waals surface area contributed by atoms with E-state index < -0.39 is 12.1 Å². The SMILES string of the molecule is CC1OC(C)(C2OC(C)(C)C(C)(C)O2)OC1(C)C. The highest BCUT2D eigenvalue weighted by Gasteiger charge is 2.60. The Labute approximate surface area is 110 Å². The molecular weight excluding hydrogens is 232 g/mol. The second-order valence-electron chi connectivity index (χ2n) is 7.07. The lowest BCUT2D eigenvalue weighted by atomic mass is 9.90. The van der Waals surface area contributed by atoms with Crippen LogP contribution in [0.2, 0.25) is 0 Å². The molecule has 18 heavy (non-hydrogen) atoms. The summed E-state index contributed by atoms with van der Waals surface area (Å²) in [7, 11) is 0. The van der Waals surface area contributed by atoms with E-state index in [9.17, 15) is 0 Å². The molecule has 2 atom stereocenters. The largest absolute Gasteiger partial charge is 0.340 e. The smallest absolute Gasteiger partial charge is 0.218 e. The first-order valence-electron chi connectivity index (χ1n) is 6.63. The van der Waals surface area contributed by atoms with Gasteiger partial charge in [-0.1, -0.05) is 0 Å². The molecule has 0 amide bonds. The lowest BCUT2D eigenvalue weighted by Gasteiger charge is -2.30. The van der Waals surface area contributed by atoms with Crippen molar-refractivity contribution in [3.05, 3.63) is 0 Å². The van der Waals surface area contributed by atoms with Gasteiger partial charge in [0.25, 0.3) is 0 Å². The van der Waals surface area contributed by atoms with E-state index in [2.05, 4.69) is 0 Å². The monoisotopic (exact) mass is 258 g/mol. The summed E-state index contributed by atoms with van der Waals surface area (Å²) in [4.78, 5) is 0. The van der Waals surface area contributed by atoms with Crippen LogP contribution in [0.3, 0.4) is 0 Å². The fourth-order valence-corrected chi connectivity index (χ4v) is 2.28. The molecule has 2 aliphatic rings. The molecule has 2 saturated heterocycles. The first-order chi connectivity index (χ1) is 7.90. The summed E-state index contributed by atoms with van der Waals surface area (Å²) in [5.41, 5.74) is -1.08. The molecule has 0 aromatic rings. The fraction of sp³-hybridized carbons (Fsp3) is 1.00. The Kier molecular flexibility index (Phi) is 2.92. The van der Waals surface area contributed by atoms with Crippen LogP contribution in [0.4, 0.5) is 0 Å². The van der Waals surface area contributed by atoms with Crippen molar-refractivity contribution in [1.82, 2.24) is 0 Å². The van der Waals surface area contributed by atoms with Crippen molar-refractivity contribution >= 4 is 0 Å². The van der Waals surface area contributed by atoms with Crippen molar-refractivity contribution in [2.75, 3.05) is 0 Å². The molecule has 0 radical (unpaired) electrons. The highest BCUT2D eigenvalue weighted by atomic mass is 16.8. The van der Waals surface area contributed by atoms with Crippen LogP contribution in [0.15, 0.2) is 0 Å². The molecule has 0 aromatic carbocycles. The number of ether oxygens (including phenoxy) is 4. The van der Waals surface area contributed by atoms with Crippen LogP contribution in [0.25, 0.3) is 0 Å². The minimum Gasteiger partial charge on any atom is -0.340 e. The van der Waals surface area contributed by atoms with Crippen molar-refractivity contribution in [1.29, 1.82) is 0 Å². The number of rotatable bonds is 1. The molecule has 2 fully saturated rings. The third-order valence-corrected chi connectivity index (χ3v) is 4.54. The molecule has 4 heteroatoms. The number of hydrogen-bond acceptors (Lipinski definition) is 4. The summed E-state index contributed by atoms with van der Waals surface area (Å²) >= 11 is 0. The Morgan fingerprint density at radius 2 is 1.17 bits per heavy atom. The van der Waals surface area contributed by atoms with E-state index in [1.165, 1.54) is 0 Å². The van der Waals surface area contributed by atoms with Gasteiger partial charge in [0.1, 0.15) is 0 Å². The summed E-state index contributed by atoms with van der Waals surface area (Å²) in [5.74, 6) is -0.853. The van der Waals surface area contributed by atoms with Gasteiger partial charge in [0.05, 0.1) is 22.9 Å². The van der Waals surface area contributed by atoms with Crippen molar-refractivity contribution in [3.63, 3.8) is 0 Å². The average molecular weight is 258 g/mol. The molecule has 2 rings (SSSR count). The summed E-state index contributed by atoms with van der Waals surface area (Å²) in [6.45, 7) is 16.1. The summed E-state index contributed by atoms with van der Waals surface area (Å²) < 4.78 is 24.1. The van der Waals surface area contributed by atoms with Crippen LogP contribution in [-0.2, 0) is 18.9 Å². The Bertz CT molecular complexity index is 332. The first kappa shape index (κ1) is 14.3. The normalized spacial score (nSPS) is 42.3. The highest BCUT2D eigenvalue weighted by molar-refractivity contribution is 4.99. The average Bonchev–Trinajstić information content (AvgIpc) is 2.46. The van der Waals surface area contributed by atoms with Gasteiger partial charge in [0.2, 0.25) is 12.1 Å². The summed E-state index contributed by atoms with van der Waals surface area (Å²) in [6.07, 6.45) is -0.506. The fourth-order valence-electron chi connectivity index (χ4n) is 2.28. The van der Waals surface area contributed by atoms with Gasteiger partial charge in [-0.05, 0) is 55.4 Å². The van der Waals surface area contributed by atoms with Gasteiger partial charge >= 0.3 is 0 Å². The molecule has 2 unspecified atom stereocenters. The van der Waals surface area contributed by atoms with E-state index in [-0.39, 0.29) is 22.9 Å². The number of hydrogen-bond donors (Lipinski definition) is 0. The summed E-state index contributed by atoms with van der Waals surface area (Å²) in [6, 6.07) is 0. The first-order valence-corrected chi connectivity index (χ1v) is 6.63. The molecule has 2 aliphatic heterocycles. The maximum Gasteiger partial charge on any atom is 0.218 e. The molecule has 106 valence electrons. The zero-order chi connectivity index (χ0) is 14.0. The zero-order valence-corrected chi connectivity index (χ0v) is 12.8. The molecule has 0 spiro atoms. The van der Waals surface area contributed by atoms with E-state index >= 15 is 0 Å². The van der Waals surface area contributed by atoms with Gasteiger partial charge in [-0.15, -0.1) is 0 Å². The van der Waals surface area contributed by atoms with Crippen molar-refractivity contribution < 1.29 is 18.9 Å². The minimum atomic E-state index is -0.853. The second-order valence-corrected chi connectivity index (χ2v) is 7.07. The van der Waals surface area contributed by atoms with Gasteiger partial charge in [0.15, 0.2) is 0 Å². The molecular formula is C14H26O4. The van der Waals surface area contributed by atoms with Crippen LogP contribution >= 0.6 is 0 Å². The maximum absolute atomic E-state index is 6.05. The minimum absolute atomic E-state index is 0.00141. The Hall–Kier alpha value is -0.160. The molecule has 2 heterocycles. The van der Waals surface area contributed by atoms with Crippen LogP contribution in [0, 0.1) is 0 Å². The molecule has 0 aromatic heterocycles. The lowest BCUT2D eigenvalue weighted by molar-refractivity contribution is -0.298. The van der Waals surface area contributed by atoms with Gasteiger partial charge < -0.3 is 18.9 Å². The van der Waals surface area contributed by atoms with E-state index in [0.29, 0.717) is 0 Å². The zero-order valence-electron chi connectivity index (χ0n) is 12.8. The molecule has 4 nitrogen and oxygen atoms in total. The Balaban J connectivity index is 2.21. The molecule has 0 aliphatic carbocycles. The molecule has 0 N–H and O–H groups in total. The van der Waals surface area contributed by atoms with E-state index in [1.807, 2.05) is 55.4 Å². The van der Waals surface area contributed by atoms with Gasteiger partial charge in [-0.25, -0.2) is 0 Å². The third kappa shape index (κ3) is 1.99. The van der Waals surface area contributed by atoms with E-state index in [1.54, 1.807) is 0 Å². The molecule has 0 saturated carbocycles. The highest BCUT2D eigenvalue weighted by Crippen LogP contribution is 2.47. The lowest BCUT2D eigenvalue weighted by Crippen LogP contribution is -2.43. The quantitative estimate of drug-likeness (QED) is 0.724. The predicted octanol–water partition coefficient (Wildman–Crippen LogP) is 2.85. The topological polar surface area (TPSA) is 36.9 Å². The van der Waals surface area contributed by atoms with E-state index in [0.717, 1.165) is 0 Å². The van der Waals surface area contributed by atoms with Crippen LogP contribution in [0.5, 0.6) is 0 Å². The third-order valence-electron chi connectivity index (χ3n) is 4.54. The Morgan fingerprint density at radius 3 is 1.50 bits per heavy atom. The second kappa shape index (κ2) is 3.69. The summed E-state index contributed by atoms with van der Waals surface area (Å²) in [5, 5.41) is 0. The standard InChI is InChI=1S/C14H26O4/c1-9-11(2,3)18-14(8,15-9)10-16-12(4,5)13(6,7)17-10/h9-10H,1-8H3. The van der Waals surface area contributed by atoms with Gasteiger partial charge in [-0.2, -0.15) is 0 Å². The van der Waals surface area contributed by atoms with Crippen LogP contribution in [0.1, 0.15) is 55.4 Å². The van der Waals surface area contributed by atoms with Gasteiger partial charge in [0, 0.05) is 0 Å². The van der Waals surface area contributed by atoms with E-state index in [4.69, 9.17) is 18.9 Å². The Morgan fingerprint density at radius 1 is 0.722 bits per heavy atom. The van der Waals surface area contributed by atoms with Crippen molar-refractivity contribution in [2.45, 2.75) is 90.4 Å². The molecule has 0 bridgehead atoms. The predicted molar refractivity (Wildman–Crippen MR) is 68.2 cm³/mol. The van der Waals surface area contributed by atoms with Crippen molar-refractivity contribution in [3.8, 4) is 0 Å². The van der Waals surface area contributed by atoms with Gasteiger partial charge in [-0.3, -0.25) is 0 Å². The van der Waals surface area contributed by atoms with Crippen LogP contribution < -0.4 is 0 Å². The maximum atomic E-state index is 6.05. The van der Waals surface area contributed by atoms with Crippen molar-refractivity contribution in [2.24, 2.45) is 0 Å².